The lowest BCUT2D eigenvalue weighted by atomic mass is 10.3. The average molecular weight is 384 g/mol. The zero-order valence-corrected chi connectivity index (χ0v) is 12.9. The van der Waals surface area contributed by atoms with Crippen LogP contribution in [0.25, 0.3) is 0 Å². The Morgan fingerprint density at radius 1 is 1.00 bits per heavy atom. The first-order valence-electron chi connectivity index (χ1n) is 6.43. The van der Waals surface area contributed by atoms with Crippen LogP contribution in [0.3, 0.4) is 0 Å². The van der Waals surface area contributed by atoms with Gasteiger partial charge >= 0.3 is 0 Å². The second kappa shape index (κ2) is 7.19. The van der Waals surface area contributed by atoms with Gasteiger partial charge in [0.1, 0.15) is 6.61 Å². The van der Waals surface area contributed by atoms with Crippen molar-refractivity contribution in [3.05, 3.63) is 47.4 Å². The molecule has 0 fully saturated rings. The molecule has 0 radical (unpaired) electrons. The van der Waals surface area contributed by atoms with Crippen molar-refractivity contribution >= 4 is 15.7 Å². The summed E-state index contributed by atoms with van der Waals surface area (Å²) in [7, 11) is -5.13. The molecule has 1 aromatic heterocycles. The molecule has 0 saturated heterocycles. The van der Waals surface area contributed by atoms with E-state index in [1.165, 1.54) is 0 Å². The van der Waals surface area contributed by atoms with Crippen LogP contribution in [0.15, 0.2) is 23.2 Å². The molecule has 0 atom stereocenters. The number of nitrogens with one attached hydrogen (secondary N) is 1. The molecule has 136 valence electrons. The topological polar surface area (TPSA) is 88.5 Å². The van der Waals surface area contributed by atoms with Gasteiger partial charge in [0.25, 0.3) is 10.0 Å². The van der Waals surface area contributed by atoms with Crippen LogP contribution >= 0.6 is 0 Å². The number of nitrogens with zero attached hydrogens (tertiary/aromatic N) is 1. The molecule has 1 heterocycles. The van der Waals surface area contributed by atoms with Crippen molar-refractivity contribution in [1.29, 1.82) is 0 Å². The maximum atomic E-state index is 13.6. The summed E-state index contributed by atoms with van der Waals surface area (Å²) in [4.78, 5) is 1.62. The van der Waals surface area contributed by atoms with E-state index < -0.39 is 44.0 Å². The third kappa shape index (κ3) is 3.79. The van der Waals surface area contributed by atoms with Gasteiger partial charge in [-0.3, -0.25) is 4.72 Å². The average Bonchev–Trinajstić information content (AvgIpc) is 2.57. The lowest BCUT2D eigenvalue weighted by Gasteiger charge is -2.11. The lowest BCUT2D eigenvalue weighted by Crippen LogP contribution is -2.19. The Morgan fingerprint density at radius 3 is 2.04 bits per heavy atom. The number of halogens is 5. The van der Waals surface area contributed by atoms with Crippen LogP contribution in [0.2, 0.25) is 0 Å². The van der Waals surface area contributed by atoms with E-state index in [2.05, 4.69) is 4.98 Å². The molecular weight excluding hydrogens is 375 g/mol. The number of aromatic nitrogens is 1. The largest absolute Gasteiger partial charge is 0.475 e. The number of aliphatic hydroxyl groups excluding tert-OH is 1. The fraction of sp³-hybridized carbons (Fsp3) is 0.154. The molecule has 2 rings (SSSR count). The highest BCUT2D eigenvalue weighted by Gasteiger charge is 2.33. The Bertz CT molecular complexity index is 861. The number of benzene rings is 1. The number of ether oxygens (including phenoxy) is 1. The van der Waals surface area contributed by atoms with Crippen LogP contribution in [0.5, 0.6) is 5.88 Å². The van der Waals surface area contributed by atoms with E-state index in [0.717, 1.165) is 18.3 Å². The summed E-state index contributed by atoms with van der Waals surface area (Å²) in [6.45, 7) is -0.376. The number of hydrogen-bond donors (Lipinski definition) is 2. The zero-order chi connectivity index (χ0) is 18.8. The van der Waals surface area contributed by atoms with Gasteiger partial charge in [-0.15, -0.1) is 0 Å². The van der Waals surface area contributed by atoms with Crippen LogP contribution in [0, 0.1) is 29.1 Å². The molecule has 0 spiro atoms. The number of pyridine rings is 1. The SMILES string of the molecule is O=S(=O)(Nc1ccc(OCCO)nc1)c1c(F)c(F)c(F)c(F)c1F. The molecule has 12 heteroatoms. The van der Waals surface area contributed by atoms with Gasteiger partial charge in [0.15, 0.2) is 28.2 Å². The zero-order valence-electron chi connectivity index (χ0n) is 12.1. The summed E-state index contributed by atoms with van der Waals surface area (Å²) >= 11 is 0. The van der Waals surface area contributed by atoms with E-state index in [1.807, 2.05) is 0 Å². The summed E-state index contributed by atoms with van der Waals surface area (Å²) in [5.74, 6) is -12.2. The predicted octanol–water partition coefficient (Wildman–Crippen LogP) is 1.95. The van der Waals surface area contributed by atoms with Gasteiger partial charge in [-0.1, -0.05) is 0 Å². The summed E-state index contributed by atoms with van der Waals surface area (Å²) in [6, 6.07) is 2.23. The maximum Gasteiger partial charge on any atom is 0.268 e. The molecular formula is C13H9F5N2O4S. The Hall–Kier alpha value is -2.47. The van der Waals surface area contributed by atoms with Crippen molar-refractivity contribution in [2.75, 3.05) is 17.9 Å². The highest BCUT2D eigenvalue weighted by Crippen LogP contribution is 2.28. The summed E-state index contributed by atoms with van der Waals surface area (Å²) in [5.41, 5.74) is -0.319. The van der Waals surface area contributed by atoms with Crippen molar-refractivity contribution < 1.29 is 40.2 Å². The molecule has 2 aromatic rings. The highest BCUT2D eigenvalue weighted by molar-refractivity contribution is 7.92. The maximum absolute atomic E-state index is 13.6. The molecule has 25 heavy (non-hydrogen) atoms. The number of anilines is 1. The number of aliphatic hydroxyl groups is 1. The van der Waals surface area contributed by atoms with Crippen LogP contribution in [-0.2, 0) is 10.0 Å². The van der Waals surface area contributed by atoms with Crippen LogP contribution in [0.4, 0.5) is 27.6 Å². The summed E-state index contributed by atoms with van der Waals surface area (Å²) in [6.07, 6.45) is 0.885. The predicted molar refractivity (Wildman–Crippen MR) is 73.9 cm³/mol. The molecule has 1 aromatic carbocycles. The molecule has 0 unspecified atom stereocenters. The Labute approximate surface area is 137 Å². The van der Waals surface area contributed by atoms with Gasteiger partial charge in [0, 0.05) is 6.07 Å². The van der Waals surface area contributed by atoms with Crippen molar-refractivity contribution in [3.8, 4) is 5.88 Å². The molecule has 0 amide bonds. The van der Waals surface area contributed by atoms with Crippen molar-refractivity contribution in [2.24, 2.45) is 0 Å². The first-order chi connectivity index (χ1) is 11.7. The van der Waals surface area contributed by atoms with Crippen molar-refractivity contribution in [2.45, 2.75) is 4.90 Å². The summed E-state index contributed by atoms with van der Waals surface area (Å²) in [5, 5.41) is 8.57. The molecule has 0 aliphatic rings. The van der Waals surface area contributed by atoms with E-state index in [1.54, 1.807) is 4.72 Å². The number of sulfonamides is 1. The standard InChI is InChI=1S/C13H9F5N2O4S/c14-8-9(15)11(17)13(12(18)10(8)16)25(22,23)20-6-1-2-7(19-5-6)24-4-3-21/h1-2,5,20-21H,3-4H2. The fourth-order valence-electron chi connectivity index (χ4n) is 1.70. The van der Waals surface area contributed by atoms with Crippen LogP contribution in [-0.4, -0.2) is 31.7 Å². The molecule has 0 saturated carbocycles. The Kier molecular flexibility index (Phi) is 5.42. The third-order valence-corrected chi connectivity index (χ3v) is 4.17. The Morgan fingerprint density at radius 2 is 1.56 bits per heavy atom. The summed E-state index contributed by atoms with van der Waals surface area (Å²) < 4.78 is 97.0. The first kappa shape index (κ1) is 18.9. The van der Waals surface area contributed by atoms with E-state index in [-0.39, 0.29) is 24.8 Å². The molecule has 2 N–H and O–H groups in total. The van der Waals surface area contributed by atoms with E-state index >= 15 is 0 Å². The van der Waals surface area contributed by atoms with Crippen LogP contribution in [0.1, 0.15) is 0 Å². The first-order valence-corrected chi connectivity index (χ1v) is 7.91. The van der Waals surface area contributed by atoms with E-state index in [4.69, 9.17) is 9.84 Å². The van der Waals surface area contributed by atoms with Gasteiger partial charge in [0.05, 0.1) is 18.5 Å². The smallest absolute Gasteiger partial charge is 0.268 e. The van der Waals surface area contributed by atoms with E-state index in [9.17, 15) is 30.4 Å². The third-order valence-electron chi connectivity index (χ3n) is 2.77. The minimum absolute atomic E-state index is 0.00762. The second-order valence-electron chi connectivity index (χ2n) is 4.46. The minimum Gasteiger partial charge on any atom is -0.475 e. The van der Waals surface area contributed by atoms with E-state index in [0.29, 0.717) is 0 Å². The van der Waals surface area contributed by atoms with Crippen molar-refractivity contribution in [3.63, 3.8) is 0 Å². The van der Waals surface area contributed by atoms with Crippen molar-refractivity contribution in [1.82, 2.24) is 4.98 Å². The van der Waals surface area contributed by atoms with Gasteiger partial charge in [-0.05, 0) is 6.07 Å². The van der Waals surface area contributed by atoms with Gasteiger partial charge in [-0.2, -0.15) is 0 Å². The van der Waals surface area contributed by atoms with Gasteiger partial charge in [-0.25, -0.2) is 35.4 Å². The molecule has 6 nitrogen and oxygen atoms in total. The Balaban J connectivity index is 2.37. The minimum atomic E-state index is -5.13. The monoisotopic (exact) mass is 384 g/mol. The second-order valence-corrected chi connectivity index (χ2v) is 6.08. The fourth-order valence-corrected chi connectivity index (χ4v) is 2.89. The molecule has 0 bridgehead atoms. The number of rotatable bonds is 6. The lowest BCUT2D eigenvalue weighted by molar-refractivity contribution is 0.197. The number of hydrogen-bond acceptors (Lipinski definition) is 5. The normalized spacial score (nSPS) is 11.4. The van der Waals surface area contributed by atoms with Gasteiger partial charge < -0.3 is 9.84 Å². The van der Waals surface area contributed by atoms with Gasteiger partial charge in [0.2, 0.25) is 11.7 Å². The molecule has 0 aliphatic heterocycles. The highest BCUT2D eigenvalue weighted by atomic mass is 32.2. The quantitative estimate of drug-likeness (QED) is 0.452. The van der Waals surface area contributed by atoms with Crippen LogP contribution < -0.4 is 9.46 Å². The molecule has 0 aliphatic carbocycles.